The van der Waals surface area contributed by atoms with Gasteiger partial charge in [-0.1, -0.05) is 29.3 Å². The highest BCUT2D eigenvalue weighted by atomic mass is 35.5. The van der Waals surface area contributed by atoms with Crippen molar-refractivity contribution in [2.75, 3.05) is 5.73 Å². The predicted molar refractivity (Wildman–Crippen MR) is 95.6 cm³/mol. The number of benzene rings is 1. The Labute approximate surface area is 148 Å². The molecule has 3 rings (SSSR count). The lowest BCUT2D eigenvalue weighted by Gasteiger charge is -2.08. The number of aryl methyl sites for hydroxylation is 2. The molecule has 0 aliphatic carbocycles. The van der Waals surface area contributed by atoms with Gasteiger partial charge in [-0.3, -0.25) is 9.78 Å². The van der Waals surface area contributed by atoms with Gasteiger partial charge in [0.05, 0.1) is 10.5 Å². The van der Waals surface area contributed by atoms with Crippen LogP contribution in [0.15, 0.2) is 30.3 Å². The summed E-state index contributed by atoms with van der Waals surface area (Å²) >= 11 is 12.2. The number of nitrogen functional groups attached to an aromatic ring is 1. The number of nitrogens with zero attached hydrogens (tertiary/aromatic N) is 3. The first-order valence-electron chi connectivity index (χ1n) is 7.32. The second-order valence-corrected chi connectivity index (χ2v) is 6.25. The van der Waals surface area contributed by atoms with E-state index in [1.807, 2.05) is 25.1 Å². The van der Waals surface area contributed by atoms with Gasteiger partial charge in [-0.05, 0) is 37.6 Å². The Bertz CT molecular complexity index is 943. The number of aromatic nitrogens is 3. The Morgan fingerprint density at radius 1 is 1.17 bits per heavy atom. The number of carbonyl (C=O) groups is 1. The molecule has 0 fully saturated rings. The molecule has 0 spiro atoms. The van der Waals surface area contributed by atoms with Crippen LogP contribution in [0.2, 0.25) is 10.0 Å². The third kappa shape index (κ3) is 3.47. The summed E-state index contributed by atoms with van der Waals surface area (Å²) < 4.78 is 0. The molecule has 1 aromatic carbocycles. The monoisotopic (exact) mass is 360 g/mol. The Balaban J connectivity index is 1.94. The van der Waals surface area contributed by atoms with E-state index >= 15 is 0 Å². The second-order valence-electron chi connectivity index (χ2n) is 5.41. The molecule has 7 heteroatoms. The fraction of sp³-hybridized carbons (Fsp3) is 0.176. The minimum Gasteiger partial charge on any atom is -0.368 e. The lowest BCUT2D eigenvalue weighted by atomic mass is 10.1. The number of halogens is 2. The number of carbonyl (C=O) groups excluding carboxylic acids is 1. The van der Waals surface area contributed by atoms with Gasteiger partial charge in [0.1, 0.15) is 5.69 Å². The van der Waals surface area contributed by atoms with Gasteiger partial charge < -0.3 is 5.73 Å². The number of hydrogen-bond acceptors (Lipinski definition) is 5. The van der Waals surface area contributed by atoms with E-state index in [1.54, 1.807) is 12.1 Å². The van der Waals surface area contributed by atoms with Gasteiger partial charge in [0, 0.05) is 28.2 Å². The van der Waals surface area contributed by atoms with Gasteiger partial charge in [-0.15, -0.1) is 0 Å². The van der Waals surface area contributed by atoms with Crippen molar-refractivity contribution in [2.45, 2.75) is 19.8 Å². The third-order valence-electron chi connectivity index (χ3n) is 3.55. The highest BCUT2D eigenvalue weighted by molar-refractivity contribution is 6.38. The van der Waals surface area contributed by atoms with Crippen LogP contribution >= 0.6 is 23.2 Å². The zero-order chi connectivity index (χ0) is 17.3. The van der Waals surface area contributed by atoms with Crippen molar-refractivity contribution in [1.29, 1.82) is 0 Å². The molecule has 2 aromatic heterocycles. The molecule has 0 bridgehead atoms. The molecule has 5 nitrogen and oxygen atoms in total. The van der Waals surface area contributed by atoms with Gasteiger partial charge in [0.25, 0.3) is 0 Å². The van der Waals surface area contributed by atoms with Crippen LogP contribution in [0, 0.1) is 6.92 Å². The van der Waals surface area contributed by atoms with Gasteiger partial charge in [-0.25, -0.2) is 9.97 Å². The number of nitrogens with two attached hydrogens (primary N) is 1. The molecule has 0 saturated carbocycles. The average molecular weight is 361 g/mol. The van der Waals surface area contributed by atoms with Crippen molar-refractivity contribution in [1.82, 2.24) is 15.0 Å². The molecule has 0 saturated heterocycles. The molecule has 24 heavy (non-hydrogen) atoms. The molecule has 0 atom stereocenters. The van der Waals surface area contributed by atoms with Crippen LogP contribution in [0.25, 0.3) is 10.9 Å². The summed E-state index contributed by atoms with van der Waals surface area (Å²) in [5.41, 5.74) is 8.14. The Morgan fingerprint density at radius 3 is 2.71 bits per heavy atom. The molecule has 0 aliphatic heterocycles. The Kier molecular flexibility index (Phi) is 4.64. The van der Waals surface area contributed by atoms with Gasteiger partial charge >= 0.3 is 0 Å². The fourth-order valence-corrected chi connectivity index (χ4v) is 3.02. The summed E-state index contributed by atoms with van der Waals surface area (Å²) in [6, 6.07) is 8.90. The van der Waals surface area contributed by atoms with E-state index in [0.717, 1.165) is 11.4 Å². The Hall–Kier alpha value is -2.24. The molecular formula is C17H14Cl2N4O. The SMILES string of the molecule is Cc1cccc(CCC(=O)c2nc(N)nc3c(Cl)cc(Cl)cc23)n1. The maximum atomic E-state index is 12.6. The average Bonchev–Trinajstić information content (AvgIpc) is 2.53. The molecule has 3 aromatic rings. The molecule has 0 aliphatic rings. The minimum absolute atomic E-state index is 0.00348. The topological polar surface area (TPSA) is 81.8 Å². The van der Waals surface area contributed by atoms with Gasteiger partial charge in [-0.2, -0.15) is 0 Å². The smallest absolute Gasteiger partial charge is 0.221 e. The lowest BCUT2D eigenvalue weighted by Crippen LogP contribution is -2.09. The normalized spacial score (nSPS) is 11.0. The van der Waals surface area contributed by atoms with E-state index in [4.69, 9.17) is 28.9 Å². The highest BCUT2D eigenvalue weighted by Gasteiger charge is 2.17. The first-order valence-corrected chi connectivity index (χ1v) is 8.07. The van der Waals surface area contributed by atoms with E-state index in [-0.39, 0.29) is 23.8 Å². The molecular weight excluding hydrogens is 347 g/mol. The van der Waals surface area contributed by atoms with Crippen molar-refractivity contribution >= 4 is 45.8 Å². The van der Waals surface area contributed by atoms with E-state index in [2.05, 4.69) is 15.0 Å². The summed E-state index contributed by atoms with van der Waals surface area (Å²) in [6.45, 7) is 1.91. The predicted octanol–water partition coefficient (Wildman–Crippen LogP) is 4.04. The van der Waals surface area contributed by atoms with Crippen LogP contribution < -0.4 is 5.73 Å². The zero-order valence-electron chi connectivity index (χ0n) is 12.9. The molecule has 0 unspecified atom stereocenters. The van der Waals surface area contributed by atoms with E-state index < -0.39 is 0 Å². The quantitative estimate of drug-likeness (QED) is 0.710. The van der Waals surface area contributed by atoms with Crippen LogP contribution in [0.1, 0.15) is 28.3 Å². The van der Waals surface area contributed by atoms with Crippen LogP contribution in [0.4, 0.5) is 5.95 Å². The highest BCUT2D eigenvalue weighted by Crippen LogP contribution is 2.29. The van der Waals surface area contributed by atoms with Crippen molar-refractivity contribution in [3.63, 3.8) is 0 Å². The molecule has 122 valence electrons. The molecule has 0 amide bonds. The summed E-state index contributed by atoms with van der Waals surface area (Å²) in [4.78, 5) is 25.2. The summed E-state index contributed by atoms with van der Waals surface area (Å²) in [5.74, 6) is -0.153. The summed E-state index contributed by atoms with van der Waals surface area (Å²) in [6.07, 6.45) is 0.770. The van der Waals surface area contributed by atoms with Gasteiger partial charge in [0.2, 0.25) is 5.95 Å². The van der Waals surface area contributed by atoms with Crippen LogP contribution in [0.5, 0.6) is 0 Å². The summed E-state index contributed by atoms with van der Waals surface area (Å²) in [7, 11) is 0. The lowest BCUT2D eigenvalue weighted by molar-refractivity contribution is 0.0979. The van der Waals surface area contributed by atoms with E-state index in [1.165, 1.54) is 0 Å². The van der Waals surface area contributed by atoms with Crippen molar-refractivity contribution in [3.8, 4) is 0 Å². The first-order chi connectivity index (χ1) is 11.4. The number of pyridine rings is 1. The van der Waals surface area contributed by atoms with E-state index in [0.29, 0.717) is 27.4 Å². The molecule has 0 radical (unpaired) electrons. The number of fused-ring (bicyclic) bond motifs is 1. The van der Waals surface area contributed by atoms with Crippen LogP contribution in [-0.2, 0) is 6.42 Å². The fourth-order valence-electron chi connectivity index (χ4n) is 2.49. The molecule has 2 N–H and O–H groups in total. The maximum Gasteiger partial charge on any atom is 0.221 e. The number of ketones is 1. The standard InChI is InChI=1S/C17H14Cl2N4O/c1-9-3-2-4-11(21-9)5-6-14(24)16-12-7-10(18)8-13(19)15(12)22-17(20)23-16/h2-4,7-8H,5-6H2,1H3,(H2,20,22,23). The van der Waals surface area contributed by atoms with E-state index in [9.17, 15) is 4.79 Å². The number of hydrogen-bond donors (Lipinski definition) is 1. The van der Waals surface area contributed by atoms with Gasteiger partial charge in [0.15, 0.2) is 5.78 Å². The molecule has 2 heterocycles. The number of Topliss-reactive ketones (excluding diaryl/α,β-unsaturated/α-hetero) is 1. The Morgan fingerprint density at radius 2 is 1.96 bits per heavy atom. The van der Waals surface area contributed by atoms with Crippen LogP contribution in [0.3, 0.4) is 0 Å². The zero-order valence-corrected chi connectivity index (χ0v) is 14.4. The number of rotatable bonds is 4. The van der Waals surface area contributed by atoms with Crippen molar-refractivity contribution in [2.24, 2.45) is 0 Å². The maximum absolute atomic E-state index is 12.6. The summed E-state index contributed by atoms with van der Waals surface area (Å²) in [5, 5.41) is 1.25. The largest absolute Gasteiger partial charge is 0.368 e. The third-order valence-corrected chi connectivity index (χ3v) is 4.06. The second kappa shape index (κ2) is 6.71. The van der Waals surface area contributed by atoms with Crippen molar-refractivity contribution < 1.29 is 4.79 Å². The minimum atomic E-state index is -0.157. The number of anilines is 1. The van der Waals surface area contributed by atoms with Crippen LogP contribution in [-0.4, -0.2) is 20.7 Å². The van der Waals surface area contributed by atoms with Crippen molar-refractivity contribution in [3.05, 3.63) is 57.5 Å². The first kappa shape index (κ1) is 16.6.